The Balaban J connectivity index is 1.65. The van der Waals surface area contributed by atoms with E-state index in [0.717, 1.165) is 35.6 Å². The first kappa shape index (κ1) is 15.7. The molecular formula is C22H21N3. The van der Waals surface area contributed by atoms with Gasteiger partial charge < -0.3 is 4.98 Å². The summed E-state index contributed by atoms with van der Waals surface area (Å²) in [4.78, 5) is 12.3. The number of fused-ring (bicyclic) bond motifs is 2. The molecule has 1 aromatic heterocycles. The quantitative estimate of drug-likeness (QED) is 0.652. The standard InChI is InChI=1S/C22H21N3/c1-4-19-11-18-10-17-9-15(5-7-16(17)12-21(18)24-19)6-8-20-13-23-22(25-20)14(2)3/h5,7,9-10,12-14H,4,11H2,1-3H3,(H,23,25). The van der Waals surface area contributed by atoms with Gasteiger partial charge >= 0.3 is 0 Å². The number of nitrogens with zero attached hydrogens (tertiary/aromatic N) is 2. The molecule has 3 aromatic rings. The molecule has 1 aliphatic rings. The normalized spacial score (nSPS) is 12.9. The van der Waals surface area contributed by atoms with E-state index >= 15 is 0 Å². The van der Waals surface area contributed by atoms with E-state index in [2.05, 4.69) is 72.9 Å². The Morgan fingerprint density at radius 2 is 2.00 bits per heavy atom. The molecular weight excluding hydrogens is 306 g/mol. The molecule has 0 bridgehead atoms. The summed E-state index contributed by atoms with van der Waals surface area (Å²) in [5.41, 5.74) is 5.60. The molecule has 2 aromatic carbocycles. The average Bonchev–Trinajstić information content (AvgIpc) is 3.24. The minimum absolute atomic E-state index is 0.383. The Labute approximate surface area is 148 Å². The third-order valence-electron chi connectivity index (χ3n) is 4.60. The lowest BCUT2D eigenvalue weighted by atomic mass is 10.0. The van der Waals surface area contributed by atoms with Gasteiger partial charge in [-0.15, -0.1) is 0 Å². The van der Waals surface area contributed by atoms with E-state index in [0.29, 0.717) is 5.92 Å². The minimum Gasteiger partial charge on any atom is -0.335 e. The zero-order valence-corrected chi connectivity index (χ0v) is 14.9. The number of hydrogen-bond donors (Lipinski definition) is 1. The topological polar surface area (TPSA) is 41.0 Å². The zero-order chi connectivity index (χ0) is 17.4. The summed E-state index contributed by atoms with van der Waals surface area (Å²) >= 11 is 0. The van der Waals surface area contributed by atoms with Gasteiger partial charge in [-0.2, -0.15) is 0 Å². The third kappa shape index (κ3) is 3.08. The number of hydrogen-bond acceptors (Lipinski definition) is 2. The van der Waals surface area contributed by atoms with Crippen molar-refractivity contribution in [2.45, 2.75) is 39.5 Å². The molecule has 1 aliphatic heterocycles. The van der Waals surface area contributed by atoms with E-state index in [-0.39, 0.29) is 0 Å². The molecule has 3 heteroatoms. The molecule has 0 saturated carbocycles. The third-order valence-corrected chi connectivity index (χ3v) is 4.60. The highest BCUT2D eigenvalue weighted by atomic mass is 14.9. The van der Waals surface area contributed by atoms with Crippen LogP contribution in [0.3, 0.4) is 0 Å². The fraction of sp³-hybridized carbons (Fsp3) is 0.273. The molecule has 0 atom stereocenters. The van der Waals surface area contributed by atoms with Crippen molar-refractivity contribution in [3.63, 3.8) is 0 Å². The number of rotatable bonds is 2. The van der Waals surface area contributed by atoms with Crippen LogP contribution in [0.1, 0.15) is 55.8 Å². The average molecular weight is 327 g/mol. The van der Waals surface area contributed by atoms with Gasteiger partial charge in [0.1, 0.15) is 11.5 Å². The molecule has 124 valence electrons. The molecule has 4 rings (SSSR count). The molecule has 25 heavy (non-hydrogen) atoms. The molecule has 0 fully saturated rings. The number of H-pyrrole nitrogens is 1. The van der Waals surface area contributed by atoms with Crippen molar-refractivity contribution < 1.29 is 0 Å². The van der Waals surface area contributed by atoms with Crippen molar-refractivity contribution in [2.24, 2.45) is 4.99 Å². The number of aliphatic imine (C=N–C) groups is 1. The Bertz CT molecular complexity index is 1040. The molecule has 2 heterocycles. The molecule has 1 N–H and O–H groups in total. The predicted octanol–water partition coefficient (Wildman–Crippen LogP) is 5.12. The molecule has 0 radical (unpaired) electrons. The molecule has 0 aliphatic carbocycles. The number of aromatic amines is 1. The van der Waals surface area contributed by atoms with Gasteiger partial charge in [0.05, 0.1) is 11.9 Å². The maximum absolute atomic E-state index is 4.71. The summed E-state index contributed by atoms with van der Waals surface area (Å²) in [6.45, 7) is 6.40. The van der Waals surface area contributed by atoms with Gasteiger partial charge in [-0.05, 0) is 52.9 Å². The highest BCUT2D eigenvalue weighted by Gasteiger charge is 2.14. The highest BCUT2D eigenvalue weighted by molar-refractivity contribution is 5.98. The second-order valence-corrected chi connectivity index (χ2v) is 6.84. The largest absolute Gasteiger partial charge is 0.335 e. The summed E-state index contributed by atoms with van der Waals surface area (Å²) in [5.74, 6) is 7.78. The maximum atomic E-state index is 4.71. The fourth-order valence-electron chi connectivity index (χ4n) is 3.12. The van der Waals surface area contributed by atoms with Crippen LogP contribution in [-0.2, 0) is 6.42 Å². The van der Waals surface area contributed by atoms with Crippen molar-refractivity contribution in [1.29, 1.82) is 0 Å². The molecule has 0 unspecified atom stereocenters. The summed E-state index contributed by atoms with van der Waals surface area (Å²) < 4.78 is 0. The minimum atomic E-state index is 0.383. The Morgan fingerprint density at radius 1 is 1.12 bits per heavy atom. The van der Waals surface area contributed by atoms with Gasteiger partial charge in [0.15, 0.2) is 0 Å². The summed E-state index contributed by atoms with van der Waals surface area (Å²) in [7, 11) is 0. The van der Waals surface area contributed by atoms with E-state index in [1.165, 1.54) is 22.0 Å². The Morgan fingerprint density at radius 3 is 2.76 bits per heavy atom. The van der Waals surface area contributed by atoms with Crippen LogP contribution in [0.4, 0.5) is 5.69 Å². The van der Waals surface area contributed by atoms with Gasteiger partial charge in [-0.25, -0.2) is 4.98 Å². The summed E-state index contributed by atoms with van der Waals surface area (Å²) in [6, 6.07) is 10.8. The van der Waals surface area contributed by atoms with Crippen LogP contribution in [0, 0.1) is 11.8 Å². The smallest absolute Gasteiger partial charge is 0.110 e. The summed E-state index contributed by atoms with van der Waals surface area (Å²) in [5, 5.41) is 2.44. The second kappa shape index (κ2) is 6.22. The van der Waals surface area contributed by atoms with Gasteiger partial charge in [0.2, 0.25) is 0 Å². The van der Waals surface area contributed by atoms with Crippen molar-refractivity contribution in [1.82, 2.24) is 9.97 Å². The number of benzene rings is 2. The van der Waals surface area contributed by atoms with E-state index in [9.17, 15) is 0 Å². The van der Waals surface area contributed by atoms with Crippen molar-refractivity contribution in [2.75, 3.05) is 0 Å². The lowest BCUT2D eigenvalue weighted by molar-refractivity contribution is 0.793. The fourth-order valence-corrected chi connectivity index (χ4v) is 3.12. The second-order valence-electron chi connectivity index (χ2n) is 6.84. The molecule has 0 amide bonds. The number of nitrogens with one attached hydrogen (secondary N) is 1. The SMILES string of the molecule is CCC1=Nc2cc3ccc(C#Cc4cnc(C(C)C)[nH]4)cc3cc2C1. The highest BCUT2D eigenvalue weighted by Crippen LogP contribution is 2.32. The van der Waals surface area contributed by atoms with Crippen LogP contribution in [-0.4, -0.2) is 15.7 Å². The Hall–Kier alpha value is -2.86. The van der Waals surface area contributed by atoms with Crippen LogP contribution in [0.15, 0.2) is 41.5 Å². The first-order chi connectivity index (χ1) is 12.1. The lowest BCUT2D eigenvalue weighted by Crippen LogP contribution is -1.93. The molecule has 3 nitrogen and oxygen atoms in total. The Kier molecular flexibility index (Phi) is 3.89. The van der Waals surface area contributed by atoms with E-state index < -0.39 is 0 Å². The van der Waals surface area contributed by atoms with Crippen LogP contribution in [0.5, 0.6) is 0 Å². The predicted molar refractivity (Wildman–Crippen MR) is 104 cm³/mol. The van der Waals surface area contributed by atoms with Crippen molar-refractivity contribution >= 4 is 22.2 Å². The van der Waals surface area contributed by atoms with Crippen LogP contribution in [0.2, 0.25) is 0 Å². The molecule has 0 saturated heterocycles. The number of imidazole rings is 1. The monoisotopic (exact) mass is 327 g/mol. The van der Waals surface area contributed by atoms with Crippen LogP contribution >= 0.6 is 0 Å². The van der Waals surface area contributed by atoms with Crippen molar-refractivity contribution in [3.05, 3.63) is 59.2 Å². The maximum Gasteiger partial charge on any atom is 0.110 e. The van der Waals surface area contributed by atoms with Gasteiger partial charge in [-0.3, -0.25) is 4.99 Å². The van der Waals surface area contributed by atoms with E-state index in [1.54, 1.807) is 6.20 Å². The van der Waals surface area contributed by atoms with E-state index in [1.807, 2.05) is 0 Å². The number of aromatic nitrogens is 2. The van der Waals surface area contributed by atoms with Crippen molar-refractivity contribution in [3.8, 4) is 11.8 Å². The summed E-state index contributed by atoms with van der Waals surface area (Å²) in [6.07, 6.45) is 3.80. The lowest BCUT2D eigenvalue weighted by Gasteiger charge is -2.03. The molecule has 0 spiro atoms. The van der Waals surface area contributed by atoms with Gasteiger partial charge in [0, 0.05) is 23.6 Å². The first-order valence-corrected chi connectivity index (χ1v) is 8.82. The van der Waals surface area contributed by atoms with E-state index in [4.69, 9.17) is 4.99 Å². The van der Waals surface area contributed by atoms with Crippen LogP contribution < -0.4 is 0 Å². The van der Waals surface area contributed by atoms with Crippen LogP contribution in [0.25, 0.3) is 10.8 Å². The first-order valence-electron chi connectivity index (χ1n) is 8.82. The van der Waals surface area contributed by atoms with Gasteiger partial charge in [-0.1, -0.05) is 32.8 Å². The van der Waals surface area contributed by atoms with Gasteiger partial charge in [0.25, 0.3) is 0 Å². The zero-order valence-electron chi connectivity index (χ0n) is 14.9.